The highest BCUT2D eigenvalue weighted by molar-refractivity contribution is 5.36. The summed E-state index contributed by atoms with van der Waals surface area (Å²) in [7, 11) is 0. The van der Waals surface area contributed by atoms with Crippen LogP contribution in [0.1, 0.15) is 22.8 Å². The Balaban J connectivity index is 2.02. The molecular formula is C16H16N2O2. The van der Waals surface area contributed by atoms with Crippen molar-refractivity contribution in [2.24, 2.45) is 5.29 Å². The molecule has 0 aromatic heterocycles. The fourth-order valence-electron chi connectivity index (χ4n) is 2.55. The normalized spacial score (nSPS) is 18.8. The molecular weight excluding hydrogens is 252 g/mol. The number of hydrogen-bond acceptors (Lipinski definition) is 3. The molecule has 1 aliphatic heterocycles. The SMILES string of the molecule is O=NN1CCOC(c2ccccc2)c2ccccc2C1. The van der Waals surface area contributed by atoms with E-state index in [0.29, 0.717) is 19.7 Å². The minimum absolute atomic E-state index is 0.0822. The summed E-state index contributed by atoms with van der Waals surface area (Å²) in [6.45, 7) is 1.53. The van der Waals surface area contributed by atoms with E-state index >= 15 is 0 Å². The van der Waals surface area contributed by atoms with Crippen molar-refractivity contribution in [3.8, 4) is 0 Å². The molecule has 0 saturated heterocycles. The minimum atomic E-state index is -0.0822. The lowest BCUT2D eigenvalue weighted by atomic mass is 9.96. The van der Waals surface area contributed by atoms with Crippen molar-refractivity contribution in [3.05, 3.63) is 76.2 Å². The van der Waals surface area contributed by atoms with Crippen LogP contribution in [0.25, 0.3) is 0 Å². The van der Waals surface area contributed by atoms with Gasteiger partial charge in [0, 0.05) is 0 Å². The summed E-state index contributed by atoms with van der Waals surface area (Å²) in [5, 5.41) is 4.55. The molecule has 2 aromatic rings. The fourth-order valence-corrected chi connectivity index (χ4v) is 2.55. The molecule has 0 spiro atoms. The van der Waals surface area contributed by atoms with Gasteiger partial charge < -0.3 is 4.74 Å². The summed E-state index contributed by atoms with van der Waals surface area (Å²) in [4.78, 5) is 10.8. The number of hydrogen-bond donors (Lipinski definition) is 0. The Labute approximate surface area is 117 Å². The van der Waals surface area contributed by atoms with Gasteiger partial charge in [-0.2, -0.15) is 0 Å². The van der Waals surface area contributed by atoms with E-state index in [0.717, 1.165) is 16.7 Å². The van der Waals surface area contributed by atoms with E-state index in [9.17, 15) is 4.91 Å². The fraction of sp³-hybridized carbons (Fsp3) is 0.250. The number of nitrogens with zero attached hydrogens (tertiary/aromatic N) is 2. The first-order valence-corrected chi connectivity index (χ1v) is 6.71. The highest BCUT2D eigenvalue weighted by Gasteiger charge is 2.22. The lowest BCUT2D eigenvalue weighted by molar-refractivity contribution is 0.0495. The van der Waals surface area contributed by atoms with Gasteiger partial charge in [0.05, 0.1) is 25.0 Å². The largest absolute Gasteiger partial charge is 0.367 e. The van der Waals surface area contributed by atoms with Gasteiger partial charge in [0.2, 0.25) is 0 Å². The first-order chi connectivity index (χ1) is 9.88. The summed E-state index contributed by atoms with van der Waals surface area (Å²) in [6.07, 6.45) is -0.0822. The molecule has 20 heavy (non-hydrogen) atoms. The van der Waals surface area contributed by atoms with Crippen molar-refractivity contribution in [1.29, 1.82) is 0 Å². The molecule has 3 rings (SSSR count). The predicted molar refractivity (Wildman–Crippen MR) is 76.9 cm³/mol. The Morgan fingerprint density at radius 2 is 1.80 bits per heavy atom. The minimum Gasteiger partial charge on any atom is -0.367 e. The molecule has 4 heteroatoms. The summed E-state index contributed by atoms with van der Waals surface area (Å²) < 4.78 is 5.99. The van der Waals surface area contributed by atoms with Crippen LogP contribution in [0.15, 0.2) is 59.9 Å². The molecule has 1 atom stereocenters. The summed E-state index contributed by atoms with van der Waals surface area (Å²) in [5.74, 6) is 0. The Bertz CT molecular complexity index is 586. The monoisotopic (exact) mass is 268 g/mol. The maximum Gasteiger partial charge on any atom is 0.108 e. The van der Waals surface area contributed by atoms with Crippen molar-refractivity contribution in [3.63, 3.8) is 0 Å². The molecule has 4 nitrogen and oxygen atoms in total. The highest BCUT2D eigenvalue weighted by atomic mass is 16.5. The number of ether oxygens (including phenoxy) is 1. The topological polar surface area (TPSA) is 41.9 Å². The molecule has 0 radical (unpaired) electrons. The molecule has 1 heterocycles. The van der Waals surface area contributed by atoms with Gasteiger partial charge in [-0.3, -0.25) is 5.01 Å². The van der Waals surface area contributed by atoms with Gasteiger partial charge in [0.15, 0.2) is 0 Å². The Hall–Kier alpha value is -2.20. The van der Waals surface area contributed by atoms with Crippen LogP contribution in [0.4, 0.5) is 0 Å². The maximum atomic E-state index is 10.8. The van der Waals surface area contributed by atoms with Crippen LogP contribution in [-0.4, -0.2) is 18.2 Å². The van der Waals surface area contributed by atoms with Gasteiger partial charge in [-0.1, -0.05) is 54.6 Å². The van der Waals surface area contributed by atoms with Gasteiger partial charge in [-0.15, -0.1) is 4.91 Å². The van der Waals surface area contributed by atoms with Gasteiger partial charge in [0.25, 0.3) is 0 Å². The van der Waals surface area contributed by atoms with E-state index in [2.05, 4.69) is 23.5 Å². The highest BCUT2D eigenvalue weighted by Crippen LogP contribution is 2.30. The average molecular weight is 268 g/mol. The first kappa shape index (κ1) is 12.8. The smallest absolute Gasteiger partial charge is 0.108 e. The van der Waals surface area contributed by atoms with Crippen LogP contribution >= 0.6 is 0 Å². The zero-order valence-electron chi connectivity index (χ0n) is 11.1. The van der Waals surface area contributed by atoms with Crippen LogP contribution in [0.5, 0.6) is 0 Å². The van der Waals surface area contributed by atoms with Gasteiger partial charge in [-0.05, 0) is 16.7 Å². The predicted octanol–water partition coefficient (Wildman–Crippen LogP) is 3.29. The number of benzene rings is 2. The molecule has 102 valence electrons. The molecule has 0 saturated carbocycles. The van der Waals surface area contributed by atoms with E-state index in [1.165, 1.54) is 5.01 Å². The van der Waals surface area contributed by atoms with Crippen molar-refractivity contribution >= 4 is 0 Å². The Morgan fingerprint density at radius 3 is 2.60 bits per heavy atom. The lowest BCUT2D eigenvalue weighted by Gasteiger charge is -2.27. The molecule has 0 aliphatic carbocycles. The first-order valence-electron chi connectivity index (χ1n) is 6.71. The van der Waals surface area contributed by atoms with E-state index in [-0.39, 0.29) is 6.10 Å². The lowest BCUT2D eigenvalue weighted by Crippen LogP contribution is -2.26. The summed E-state index contributed by atoms with van der Waals surface area (Å²) >= 11 is 0. The third-order valence-corrected chi connectivity index (χ3v) is 3.54. The second kappa shape index (κ2) is 5.84. The summed E-state index contributed by atoms with van der Waals surface area (Å²) in [6, 6.07) is 18.2. The van der Waals surface area contributed by atoms with E-state index in [1.54, 1.807) is 0 Å². The third kappa shape index (κ3) is 2.56. The molecule has 0 fully saturated rings. The van der Waals surface area contributed by atoms with E-state index in [4.69, 9.17) is 4.74 Å². The Morgan fingerprint density at radius 1 is 1.05 bits per heavy atom. The van der Waals surface area contributed by atoms with Crippen molar-refractivity contribution in [2.45, 2.75) is 12.6 Å². The summed E-state index contributed by atoms with van der Waals surface area (Å²) in [5.41, 5.74) is 3.32. The number of fused-ring (bicyclic) bond motifs is 1. The molecule has 0 bridgehead atoms. The standard InChI is InChI=1S/C16H16N2O2/c19-17-18-10-11-20-16(13-6-2-1-3-7-13)15-9-5-4-8-14(15)12-18/h1-9,16H,10-12H2. The van der Waals surface area contributed by atoms with Crippen molar-refractivity contribution in [2.75, 3.05) is 13.2 Å². The van der Waals surface area contributed by atoms with Crippen LogP contribution in [0.2, 0.25) is 0 Å². The number of rotatable bonds is 2. The molecule has 0 amide bonds. The van der Waals surface area contributed by atoms with Crippen LogP contribution in [0.3, 0.4) is 0 Å². The quantitative estimate of drug-likeness (QED) is 0.785. The van der Waals surface area contributed by atoms with E-state index in [1.807, 2.05) is 36.4 Å². The average Bonchev–Trinajstić information content (AvgIpc) is 2.49. The number of nitroso groups, excluding NO2 is 1. The van der Waals surface area contributed by atoms with Crippen molar-refractivity contribution < 1.29 is 4.74 Å². The Kier molecular flexibility index (Phi) is 3.74. The van der Waals surface area contributed by atoms with Gasteiger partial charge >= 0.3 is 0 Å². The maximum absolute atomic E-state index is 10.8. The molecule has 2 aromatic carbocycles. The van der Waals surface area contributed by atoms with E-state index < -0.39 is 0 Å². The second-order valence-corrected chi connectivity index (χ2v) is 4.83. The molecule has 0 N–H and O–H groups in total. The van der Waals surface area contributed by atoms with Gasteiger partial charge in [0.1, 0.15) is 6.10 Å². The van der Waals surface area contributed by atoms with Crippen LogP contribution in [0, 0.1) is 4.91 Å². The van der Waals surface area contributed by atoms with Crippen LogP contribution in [-0.2, 0) is 11.3 Å². The molecule has 1 unspecified atom stereocenters. The second-order valence-electron chi connectivity index (χ2n) is 4.83. The van der Waals surface area contributed by atoms with Gasteiger partial charge in [-0.25, -0.2) is 0 Å². The third-order valence-electron chi connectivity index (χ3n) is 3.54. The van der Waals surface area contributed by atoms with Crippen LogP contribution < -0.4 is 0 Å². The zero-order chi connectivity index (χ0) is 13.8. The zero-order valence-corrected chi connectivity index (χ0v) is 11.1. The molecule has 1 aliphatic rings. The van der Waals surface area contributed by atoms with Crippen molar-refractivity contribution in [1.82, 2.24) is 5.01 Å².